The average molecular weight is 354 g/mol. The van der Waals surface area contributed by atoms with Crippen LogP contribution in [0.3, 0.4) is 0 Å². The van der Waals surface area contributed by atoms with Gasteiger partial charge in [0.1, 0.15) is 18.5 Å². The van der Waals surface area contributed by atoms with Crippen molar-refractivity contribution in [2.24, 2.45) is 0 Å². The maximum Gasteiger partial charge on any atom is 0.343 e. The Hall–Kier alpha value is -2.28. The summed E-state index contributed by atoms with van der Waals surface area (Å²) in [6.07, 6.45) is -0.775. The van der Waals surface area contributed by atoms with Gasteiger partial charge < -0.3 is 19.4 Å². The summed E-state index contributed by atoms with van der Waals surface area (Å²) in [4.78, 5) is 24.8. The predicted molar refractivity (Wildman–Crippen MR) is 91.3 cm³/mol. The third-order valence-electron chi connectivity index (χ3n) is 6.38. The van der Waals surface area contributed by atoms with Crippen LogP contribution in [0.15, 0.2) is 27.6 Å². The van der Waals surface area contributed by atoms with Crippen molar-refractivity contribution in [3.63, 3.8) is 0 Å². The Labute approximate surface area is 149 Å². The monoisotopic (exact) mass is 354 g/mol. The van der Waals surface area contributed by atoms with E-state index in [1.165, 1.54) is 13.4 Å². The van der Waals surface area contributed by atoms with E-state index in [9.17, 15) is 19.8 Å². The van der Waals surface area contributed by atoms with Crippen LogP contribution < -0.4 is 5.63 Å². The quantitative estimate of drug-likeness (QED) is 0.805. The number of Topliss-reactive ketones (excluding diaryl/α,β-unsaturated/α-hetero) is 1. The average Bonchev–Trinajstić information content (AvgIpc) is 3.13. The van der Waals surface area contributed by atoms with Crippen LogP contribution in [0.4, 0.5) is 0 Å². The maximum atomic E-state index is 12.7. The zero-order valence-electron chi connectivity index (χ0n) is 14.4. The smallest absolute Gasteiger partial charge is 0.343 e. The minimum absolute atomic E-state index is 0.0590. The molecule has 4 unspecified atom stereocenters. The molecule has 5 rings (SSSR count). The normalized spacial score (nSPS) is 30.9. The molecule has 1 heterocycles. The highest BCUT2D eigenvalue weighted by molar-refractivity contribution is 6.04. The molecule has 3 aliphatic carbocycles. The molecule has 4 atom stereocenters. The summed E-state index contributed by atoms with van der Waals surface area (Å²) in [5, 5.41) is 21.8. The summed E-state index contributed by atoms with van der Waals surface area (Å²) < 4.78 is 10.6. The molecular formula is C20H18O6. The number of benzene rings is 1. The molecule has 0 saturated heterocycles. The summed E-state index contributed by atoms with van der Waals surface area (Å²) in [5.74, 6) is 0.0590. The van der Waals surface area contributed by atoms with Crippen LogP contribution >= 0.6 is 0 Å². The Morgan fingerprint density at radius 2 is 1.96 bits per heavy atom. The van der Waals surface area contributed by atoms with E-state index in [0.717, 1.165) is 11.1 Å². The van der Waals surface area contributed by atoms with Gasteiger partial charge in [0.2, 0.25) is 0 Å². The number of ketones is 1. The lowest BCUT2D eigenvalue weighted by Gasteiger charge is -2.44. The van der Waals surface area contributed by atoms with Crippen molar-refractivity contribution in [3.8, 4) is 11.1 Å². The molecule has 0 amide bonds. The van der Waals surface area contributed by atoms with Crippen LogP contribution in [0.5, 0.6) is 0 Å². The molecule has 1 aromatic heterocycles. The first-order valence-electron chi connectivity index (χ1n) is 8.66. The van der Waals surface area contributed by atoms with Gasteiger partial charge in [-0.2, -0.15) is 0 Å². The number of ether oxygens (including phenoxy) is 1. The van der Waals surface area contributed by atoms with Gasteiger partial charge in [-0.3, -0.25) is 4.79 Å². The number of methoxy groups -OCH3 is 1. The van der Waals surface area contributed by atoms with E-state index in [-0.39, 0.29) is 5.78 Å². The van der Waals surface area contributed by atoms with E-state index >= 15 is 0 Å². The molecule has 1 aromatic carbocycles. The fraction of sp³-hybridized carbons (Fsp3) is 0.400. The van der Waals surface area contributed by atoms with Gasteiger partial charge in [-0.25, -0.2) is 4.79 Å². The van der Waals surface area contributed by atoms with Gasteiger partial charge in [0.15, 0.2) is 5.78 Å². The zero-order valence-corrected chi connectivity index (χ0v) is 14.4. The number of fused-ring (bicyclic) bond motifs is 5. The van der Waals surface area contributed by atoms with E-state index in [0.29, 0.717) is 40.7 Å². The van der Waals surface area contributed by atoms with Gasteiger partial charge >= 0.3 is 5.63 Å². The van der Waals surface area contributed by atoms with Crippen molar-refractivity contribution in [2.75, 3.05) is 7.11 Å². The van der Waals surface area contributed by atoms with E-state index in [1.54, 1.807) is 6.07 Å². The number of rotatable bonds is 1. The summed E-state index contributed by atoms with van der Waals surface area (Å²) in [5.41, 5.74) is 2.89. The number of hydrogen-bond donors (Lipinski definition) is 2. The highest BCUT2D eigenvalue weighted by Crippen LogP contribution is 2.57. The van der Waals surface area contributed by atoms with Gasteiger partial charge in [-0.1, -0.05) is 12.1 Å². The molecule has 0 saturated carbocycles. The second-order valence-corrected chi connectivity index (χ2v) is 7.46. The SMILES string of the molecule is COC1C(O)c2coc(=O)c3c2C(C)(c2ccc4c(c2-3)CCC4=O)C1O. The van der Waals surface area contributed by atoms with Crippen molar-refractivity contribution < 1.29 is 24.2 Å². The molecule has 6 nitrogen and oxygen atoms in total. The molecule has 0 bridgehead atoms. The van der Waals surface area contributed by atoms with Crippen molar-refractivity contribution in [1.82, 2.24) is 0 Å². The highest BCUT2D eigenvalue weighted by atomic mass is 16.5. The summed E-state index contributed by atoms with van der Waals surface area (Å²) in [6, 6.07) is 3.59. The summed E-state index contributed by atoms with van der Waals surface area (Å²) in [7, 11) is 1.43. The lowest BCUT2D eigenvalue weighted by atomic mass is 9.66. The lowest BCUT2D eigenvalue weighted by Crippen LogP contribution is -2.52. The number of aliphatic hydroxyl groups excluding tert-OH is 2. The minimum atomic E-state index is -1.11. The van der Waals surface area contributed by atoms with E-state index in [2.05, 4.69) is 0 Å². The number of aliphatic hydroxyl groups is 2. The molecule has 0 fully saturated rings. The Morgan fingerprint density at radius 3 is 2.69 bits per heavy atom. The molecule has 6 heteroatoms. The second kappa shape index (κ2) is 4.91. The van der Waals surface area contributed by atoms with Crippen LogP contribution in [-0.2, 0) is 16.6 Å². The molecule has 2 aromatic rings. The van der Waals surface area contributed by atoms with E-state index in [4.69, 9.17) is 9.15 Å². The fourth-order valence-corrected chi connectivity index (χ4v) is 5.12. The first kappa shape index (κ1) is 15.9. The van der Waals surface area contributed by atoms with Crippen LogP contribution in [0.2, 0.25) is 0 Å². The Kier molecular flexibility index (Phi) is 3.01. The third kappa shape index (κ3) is 1.58. The Balaban J connectivity index is 1.95. The molecule has 2 N–H and O–H groups in total. The molecular weight excluding hydrogens is 336 g/mol. The fourth-order valence-electron chi connectivity index (χ4n) is 5.12. The van der Waals surface area contributed by atoms with Gasteiger partial charge in [0, 0.05) is 30.1 Å². The standard InChI is InChI=1S/C20H18O6/c1-20-11-5-3-8-9(4-6-12(8)21)13(11)14-15(20)10(7-26-19(14)24)16(22)17(25-2)18(20)23/h3,5,7,16-18,22-23H,4,6H2,1-2H3. The van der Waals surface area contributed by atoms with Crippen molar-refractivity contribution in [2.45, 2.75) is 43.5 Å². The number of hydrogen-bond acceptors (Lipinski definition) is 6. The third-order valence-corrected chi connectivity index (χ3v) is 6.38. The number of carbonyl (C=O) groups is 1. The molecule has 26 heavy (non-hydrogen) atoms. The first-order chi connectivity index (χ1) is 12.4. The molecule has 134 valence electrons. The van der Waals surface area contributed by atoms with Gasteiger partial charge in [0.05, 0.1) is 11.7 Å². The Bertz CT molecular complexity index is 1040. The number of carbonyl (C=O) groups excluding carboxylic acids is 1. The summed E-state index contributed by atoms with van der Waals surface area (Å²) in [6.45, 7) is 1.85. The molecule has 0 aliphatic heterocycles. The Morgan fingerprint density at radius 1 is 1.19 bits per heavy atom. The van der Waals surface area contributed by atoms with Crippen LogP contribution in [0.1, 0.15) is 52.1 Å². The van der Waals surface area contributed by atoms with Crippen LogP contribution in [0.25, 0.3) is 11.1 Å². The van der Waals surface area contributed by atoms with Crippen LogP contribution in [0, 0.1) is 0 Å². The van der Waals surface area contributed by atoms with Gasteiger partial charge in [0.25, 0.3) is 0 Å². The van der Waals surface area contributed by atoms with Crippen molar-refractivity contribution >= 4 is 5.78 Å². The van der Waals surface area contributed by atoms with Gasteiger partial charge in [-0.15, -0.1) is 0 Å². The summed E-state index contributed by atoms with van der Waals surface area (Å²) >= 11 is 0. The van der Waals surface area contributed by atoms with Crippen molar-refractivity contribution in [1.29, 1.82) is 0 Å². The first-order valence-corrected chi connectivity index (χ1v) is 8.66. The predicted octanol–water partition coefficient (Wildman–Crippen LogP) is 1.48. The minimum Gasteiger partial charge on any atom is -0.430 e. The maximum absolute atomic E-state index is 12.7. The molecule has 3 aliphatic rings. The highest BCUT2D eigenvalue weighted by Gasteiger charge is 2.57. The van der Waals surface area contributed by atoms with E-state index < -0.39 is 29.4 Å². The molecule has 0 radical (unpaired) electrons. The van der Waals surface area contributed by atoms with Crippen LogP contribution in [-0.4, -0.2) is 35.3 Å². The van der Waals surface area contributed by atoms with E-state index in [1.807, 2.05) is 13.0 Å². The largest absolute Gasteiger partial charge is 0.430 e. The zero-order chi connectivity index (χ0) is 18.4. The topological polar surface area (TPSA) is 97.0 Å². The van der Waals surface area contributed by atoms with Crippen molar-refractivity contribution in [3.05, 3.63) is 56.6 Å². The van der Waals surface area contributed by atoms with Gasteiger partial charge in [-0.05, 0) is 35.6 Å². The molecule has 0 spiro atoms. The second-order valence-electron chi connectivity index (χ2n) is 7.46. The lowest BCUT2D eigenvalue weighted by molar-refractivity contribution is -0.112.